The second-order valence-electron chi connectivity index (χ2n) is 8.88. The van der Waals surface area contributed by atoms with E-state index in [-0.39, 0.29) is 16.8 Å². The van der Waals surface area contributed by atoms with Crippen LogP contribution in [-0.4, -0.2) is 23.3 Å². The number of carbonyl (C=O) groups is 1. The molecule has 6 atom stereocenters. The van der Waals surface area contributed by atoms with E-state index in [1.165, 1.54) is 12.0 Å². The first-order valence-electron chi connectivity index (χ1n) is 8.88. The van der Waals surface area contributed by atoms with Crippen molar-refractivity contribution in [3.8, 4) is 0 Å². The lowest BCUT2D eigenvalue weighted by Gasteiger charge is -2.58. The predicted octanol–water partition coefficient (Wildman–Crippen LogP) is 3.46. The van der Waals surface area contributed by atoms with Crippen LogP contribution in [-0.2, 0) is 9.53 Å². The van der Waals surface area contributed by atoms with Crippen LogP contribution in [0.15, 0.2) is 11.6 Å². The number of hydrogen-bond acceptors (Lipinski definition) is 3. The van der Waals surface area contributed by atoms with Crippen molar-refractivity contribution in [2.24, 2.45) is 28.6 Å². The molecular weight excluding hydrogens is 276 g/mol. The van der Waals surface area contributed by atoms with Crippen LogP contribution in [0.4, 0.5) is 0 Å². The van der Waals surface area contributed by atoms with E-state index in [4.69, 9.17) is 4.74 Å². The van der Waals surface area contributed by atoms with Crippen molar-refractivity contribution in [3.05, 3.63) is 11.6 Å². The van der Waals surface area contributed by atoms with Crippen molar-refractivity contribution in [2.45, 2.75) is 64.9 Å². The number of fused-ring (bicyclic) bond motifs is 5. The van der Waals surface area contributed by atoms with Gasteiger partial charge in [-0.3, -0.25) is 0 Å². The number of cyclic esters (lactones) is 1. The molecule has 0 aromatic heterocycles. The highest BCUT2D eigenvalue weighted by Crippen LogP contribution is 2.66. The van der Waals surface area contributed by atoms with E-state index in [2.05, 4.69) is 13.8 Å². The zero-order valence-corrected chi connectivity index (χ0v) is 14.0. The van der Waals surface area contributed by atoms with Gasteiger partial charge in [0, 0.05) is 11.5 Å². The Bertz CT molecular complexity index is 549. The summed E-state index contributed by atoms with van der Waals surface area (Å²) in [6, 6.07) is 0. The molecule has 3 fully saturated rings. The van der Waals surface area contributed by atoms with Crippen molar-refractivity contribution >= 4 is 5.97 Å². The molecule has 0 bridgehead atoms. The van der Waals surface area contributed by atoms with Gasteiger partial charge < -0.3 is 9.84 Å². The zero-order chi connectivity index (χ0) is 15.8. The minimum atomic E-state index is -0.515. The van der Waals surface area contributed by atoms with Crippen molar-refractivity contribution in [1.29, 1.82) is 0 Å². The van der Waals surface area contributed by atoms with Crippen LogP contribution < -0.4 is 0 Å². The molecule has 4 aliphatic rings. The van der Waals surface area contributed by atoms with Crippen molar-refractivity contribution in [3.63, 3.8) is 0 Å². The molecule has 0 aromatic carbocycles. The minimum Gasteiger partial charge on any atom is -0.462 e. The van der Waals surface area contributed by atoms with Gasteiger partial charge in [0.1, 0.15) is 6.61 Å². The number of hydrogen-bond donors (Lipinski definition) is 1. The highest BCUT2D eigenvalue weighted by atomic mass is 16.5. The Kier molecular flexibility index (Phi) is 2.93. The minimum absolute atomic E-state index is 0.0343. The van der Waals surface area contributed by atoms with E-state index >= 15 is 0 Å². The molecule has 0 amide bonds. The molecule has 122 valence electrons. The van der Waals surface area contributed by atoms with Gasteiger partial charge in [-0.1, -0.05) is 19.4 Å². The molecule has 0 aromatic rings. The summed E-state index contributed by atoms with van der Waals surface area (Å²) in [7, 11) is 0. The molecule has 1 aliphatic heterocycles. The maximum Gasteiger partial charge on any atom is 0.330 e. The third-order valence-electron chi connectivity index (χ3n) is 8.10. The smallest absolute Gasteiger partial charge is 0.330 e. The van der Waals surface area contributed by atoms with Crippen LogP contribution in [0.3, 0.4) is 0 Å². The molecule has 22 heavy (non-hydrogen) atoms. The van der Waals surface area contributed by atoms with Gasteiger partial charge in [0.25, 0.3) is 0 Å². The molecular formula is C19H28O3. The third kappa shape index (κ3) is 1.69. The average Bonchev–Trinajstić information content (AvgIpc) is 2.70. The first kappa shape index (κ1) is 14.7. The fraction of sp³-hybridized carbons (Fsp3) is 0.842. The maximum atomic E-state index is 11.6. The molecule has 3 aliphatic carbocycles. The lowest BCUT2D eigenvalue weighted by atomic mass is 9.48. The maximum absolute atomic E-state index is 11.6. The van der Waals surface area contributed by atoms with E-state index < -0.39 is 5.60 Å². The quantitative estimate of drug-likeness (QED) is 0.697. The van der Waals surface area contributed by atoms with Crippen molar-refractivity contribution in [1.82, 2.24) is 0 Å². The van der Waals surface area contributed by atoms with E-state index in [0.29, 0.717) is 24.4 Å². The molecule has 0 saturated heterocycles. The third-order valence-corrected chi connectivity index (χ3v) is 8.10. The van der Waals surface area contributed by atoms with Crippen molar-refractivity contribution in [2.75, 3.05) is 6.61 Å². The Hall–Kier alpha value is -0.830. The van der Waals surface area contributed by atoms with Gasteiger partial charge >= 0.3 is 5.97 Å². The summed E-state index contributed by atoms with van der Waals surface area (Å²) in [5.74, 6) is 1.74. The fourth-order valence-corrected chi connectivity index (χ4v) is 6.41. The molecule has 3 nitrogen and oxygen atoms in total. The summed E-state index contributed by atoms with van der Waals surface area (Å²) in [4.78, 5) is 11.6. The molecule has 4 rings (SSSR count). The summed E-state index contributed by atoms with van der Waals surface area (Å²) >= 11 is 0. The summed E-state index contributed by atoms with van der Waals surface area (Å²) < 4.78 is 5.41. The van der Waals surface area contributed by atoms with Gasteiger partial charge in [0.05, 0.1) is 5.60 Å². The molecule has 0 spiro atoms. The van der Waals surface area contributed by atoms with Gasteiger partial charge in [-0.05, 0) is 68.6 Å². The Labute approximate surface area is 133 Å². The van der Waals surface area contributed by atoms with Crippen molar-refractivity contribution < 1.29 is 14.6 Å². The fourth-order valence-electron chi connectivity index (χ4n) is 6.41. The molecule has 0 radical (unpaired) electrons. The molecule has 3 heteroatoms. The number of rotatable bonds is 0. The Morgan fingerprint density at radius 3 is 2.64 bits per heavy atom. The van der Waals surface area contributed by atoms with Crippen LogP contribution >= 0.6 is 0 Å². The number of ether oxygens (including phenoxy) is 1. The van der Waals surface area contributed by atoms with Gasteiger partial charge in [-0.2, -0.15) is 0 Å². The second kappa shape index (κ2) is 4.37. The summed E-state index contributed by atoms with van der Waals surface area (Å²) in [5.41, 5.74) is 0.904. The van der Waals surface area contributed by atoms with Gasteiger partial charge in [-0.15, -0.1) is 0 Å². The Morgan fingerprint density at radius 2 is 1.86 bits per heavy atom. The number of esters is 1. The van der Waals surface area contributed by atoms with E-state index in [0.717, 1.165) is 32.1 Å². The Balaban J connectivity index is 1.70. The zero-order valence-electron chi connectivity index (χ0n) is 14.0. The average molecular weight is 304 g/mol. The first-order chi connectivity index (χ1) is 10.3. The van der Waals surface area contributed by atoms with E-state index in [1.54, 1.807) is 6.08 Å². The van der Waals surface area contributed by atoms with E-state index in [9.17, 15) is 9.90 Å². The normalized spacial score (nSPS) is 53.9. The van der Waals surface area contributed by atoms with Crippen LogP contribution in [0, 0.1) is 28.6 Å². The van der Waals surface area contributed by atoms with E-state index in [1.807, 2.05) is 6.92 Å². The largest absolute Gasteiger partial charge is 0.462 e. The molecule has 1 N–H and O–H groups in total. The van der Waals surface area contributed by atoms with Gasteiger partial charge in [0.2, 0.25) is 0 Å². The van der Waals surface area contributed by atoms with Crippen LogP contribution in [0.25, 0.3) is 0 Å². The van der Waals surface area contributed by atoms with Crippen LogP contribution in [0.1, 0.15) is 59.3 Å². The monoisotopic (exact) mass is 304 g/mol. The second-order valence-corrected chi connectivity index (χ2v) is 8.88. The highest BCUT2D eigenvalue weighted by Gasteiger charge is 2.62. The van der Waals surface area contributed by atoms with Gasteiger partial charge in [-0.25, -0.2) is 4.79 Å². The first-order valence-corrected chi connectivity index (χ1v) is 8.88. The SMILES string of the molecule is CC12COC(=O)C=C1CCC1C2CCC2(C)C1CC[C@]2(C)O. The summed E-state index contributed by atoms with van der Waals surface area (Å²) in [6.45, 7) is 7.22. The summed E-state index contributed by atoms with van der Waals surface area (Å²) in [6.07, 6.45) is 8.31. The topological polar surface area (TPSA) is 46.5 Å². The standard InChI is InChI=1S/C19H28O3/c1-17-11-22-16(20)10-12(17)4-5-13-14(17)6-8-18(2)15(13)7-9-19(18,3)21/h10,13-15,21H,4-9,11H2,1-3H3/t13?,14?,15?,17?,18?,19-/m0/s1. The van der Waals surface area contributed by atoms with Crippen LogP contribution in [0.5, 0.6) is 0 Å². The number of carbonyl (C=O) groups excluding carboxylic acids is 1. The van der Waals surface area contributed by atoms with Crippen LogP contribution in [0.2, 0.25) is 0 Å². The summed E-state index contributed by atoms with van der Waals surface area (Å²) in [5, 5.41) is 10.9. The Morgan fingerprint density at radius 1 is 1.14 bits per heavy atom. The molecule has 3 saturated carbocycles. The lowest BCUT2D eigenvalue weighted by Crippen LogP contribution is -2.55. The van der Waals surface area contributed by atoms with Gasteiger partial charge in [0.15, 0.2) is 0 Å². The number of aliphatic hydroxyl groups is 1. The lowest BCUT2D eigenvalue weighted by molar-refractivity contribution is -0.152. The molecule has 1 heterocycles. The predicted molar refractivity (Wildman–Crippen MR) is 84.1 cm³/mol. The molecule has 5 unspecified atom stereocenters. The highest BCUT2D eigenvalue weighted by molar-refractivity contribution is 5.84.